The van der Waals surface area contributed by atoms with Crippen LogP contribution in [0.4, 0.5) is 0 Å². The zero-order valence-corrected chi connectivity index (χ0v) is 24.0. The van der Waals surface area contributed by atoms with E-state index in [1.54, 1.807) is 13.2 Å². The Balaban J connectivity index is 0.000000461. The molecule has 0 saturated carbocycles. The predicted molar refractivity (Wildman–Crippen MR) is 159 cm³/mol. The largest absolute Gasteiger partial charge is 0.496 e. The molecule has 0 bridgehead atoms. The molecule has 3 aromatic carbocycles. The molecular weight excluding hydrogens is 471 g/mol. The van der Waals surface area contributed by atoms with Crippen molar-refractivity contribution in [3.8, 4) is 5.75 Å². The molecule has 35 heavy (non-hydrogen) atoms. The van der Waals surface area contributed by atoms with Crippen LogP contribution in [0.3, 0.4) is 0 Å². The zero-order chi connectivity index (χ0) is 26.6. The predicted octanol–water partition coefficient (Wildman–Crippen LogP) is 10.9. The molecule has 190 valence electrons. The van der Waals surface area contributed by atoms with Crippen molar-refractivity contribution in [3.05, 3.63) is 118 Å². The first-order valence-corrected chi connectivity index (χ1v) is 12.8. The Kier molecular flexibility index (Phi) is 18.4. The highest BCUT2D eigenvalue weighted by atomic mass is 35.5. The lowest BCUT2D eigenvalue weighted by atomic mass is 10.1. The van der Waals surface area contributed by atoms with Gasteiger partial charge in [-0.15, -0.1) is 0 Å². The van der Waals surface area contributed by atoms with Crippen molar-refractivity contribution < 1.29 is 4.74 Å². The number of methoxy groups -OCH3 is 1. The van der Waals surface area contributed by atoms with E-state index in [1.165, 1.54) is 29.5 Å². The smallest absolute Gasteiger partial charge is 0.122 e. The van der Waals surface area contributed by atoms with E-state index in [2.05, 4.69) is 33.4 Å². The second-order valence-electron chi connectivity index (χ2n) is 8.28. The van der Waals surface area contributed by atoms with Gasteiger partial charge >= 0.3 is 0 Å². The van der Waals surface area contributed by atoms with Crippen LogP contribution in [0.25, 0.3) is 6.08 Å². The van der Waals surface area contributed by atoms with E-state index in [0.717, 1.165) is 27.3 Å². The van der Waals surface area contributed by atoms with E-state index in [4.69, 9.17) is 27.9 Å². The maximum atomic E-state index is 5.61. The Morgan fingerprint density at radius 2 is 1.26 bits per heavy atom. The topological polar surface area (TPSA) is 9.23 Å². The van der Waals surface area contributed by atoms with Crippen LogP contribution in [0.15, 0.2) is 85.5 Å². The van der Waals surface area contributed by atoms with Gasteiger partial charge in [0.2, 0.25) is 0 Å². The molecule has 0 fully saturated rings. The van der Waals surface area contributed by atoms with Crippen LogP contribution >= 0.6 is 23.2 Å². The van der Waals surface area contributed by atoms with Gasteiger partial charge in [0.15, 0.2) is 0 Å². The molecule has 0 unspecified atom stereocenters. The normalized spacial score (nSPS) is 9.77. The van der Waals surface area contributed by atoms with E-state index >= 15 is 0 Å². The third-order valence-electron chi connectivity index (χ3n) is 5.37. The average Bonchev–Trinajstić information content (AvgIpc) is 2.87. The van der Waals surface area contributed by atoms with Gasteiger partial charge in [0.25, 0.3) is 0 Å². The fraction of sp³-hybridized carbons (Fsp3) is 0.312. The molecule has 3 heteroatoms. The summed E-state index contributed by atoms with van der Waals surface area (Å²) in [6, 6.07) is 21.5. The van der Waals surface area contributed by atoms with Crippen LogP contribution < -0.4 is 4.74 Å². The van der Waals surface area contributed by atoms with Crippen molar-refractivity contribution >= 4 is 29.3 Å². The minimum atomic E-state index is 0.801. The number of hydrogen-bond acceptors (Lipinski definition) is 1. The summed E-state index contributed by atoms with van der Waals surface area (Å²) in [6.45, 7) is 16.5. The minimum absolute atomic E-state index is 0.801. The van der Waals surface area contributed by atoms with Gasteiger partial charge in [0, 0.05) is 10.0 Å². The van der Waals surface area contributed by atoms with Crippen molar-refractivity contribution in [1.82, 2.24) is 0 Å². The molecule has 0 N–H and O–H groups in total. The van der Waals surface area contributed by atoms with Gasteiger partial charge in [0.05, 0.1) is 7.11 Å². The first-order valence-electron chi connectivity index (χ1n) is 12.0. The van der Waals surface area contributed by atoms with Crippen LogP contribution in [-0.2, 0) is 0 Å². The fourth-order valence-corrected chi connectivity index (χ4v) is 2.81. The Hall–Kier alpha value is -2.48. The molecule has 0 spiro atoms. The number of allylic oxidation sites excluding steroid dienone is 2. The molecule has 0 radical (unpaired) electrons. The Morgan fingerprint density at radius 1 is 0.800 bits per heavy atom. The summed E-state index contributed by atoms with van der Waals surface area (Å²) in [5.41, 5.74) is 4.81. The van der Waals surface area contributed by atoms with Crippen molar-refractivity contribution in [2.75, 3.05) is 7.11 Å². The lowest BCUT2D eigenvalue weighted by Crippen LogP contribution is -1.88. The van der Waals surface area contributed by atoms with Gasteiger partial charge in [-0.3, -0.25) is 0 Å². The van der Waals surface area contributed by atoms with E-state index < -0.39 is 0 Å². The van der Waals surface area contributed by atoms with Gasteiger partial charge in [-0.05, 0) is 68.1 Å². The van der Waals surface area contributed by atoms with Crippen LogP contribution in [0, 0.1) is 26.7 Å². The van der Waals surface area contributed by atoms with Crippen LogP contribution in [0.2, 0.25) is 10.0 Å². The Bertz CT molecular complexity index is 884. The zero-order valence-electron chi connectivity index (χ0n) is 22.4. The highest BCUT2D eigenvalue weighted by Gasteiger charge is 1.99. The van der Waals surface area contributed by atoms with Crippen molar-refractivity contribution in [3.63, 3.8) is 0 Å². The molecule has 0 saturated heterocycles. The molecule has 0 amide bonds. The van der Waals surface area contributed by atoms with Gasteiger partial charge in [-0.25, -0.2) is 0 Å². The number of ether oxygens (including phenoxy) is 1. The molecule has 0 atom stereocenters. The molecule has 0 aromatic heterocycles. The lowest BCUT2D eigenvalue weighted by Gasteiger charge is -2.06. The Labute approximate surface area is 224 Å². The van der Waals surface area contributed by atoms with Gasteiger partial charge in [0.1, 0.15) is 5.75 Å². The number of hydrogen-bond donors (Lipinski definition) is 0. The van der Waals surface area contributed by atoms with Gasteiger partial charge in [-0.2, -0.15) is 0 Å². The van der Waals surface area contributed by atoms with E-state index in [1.807, 2.05) is 93.6 Å². The quantitative estimate of drug-likeness (QED) is 0.308. The summed E-state index contributed by atoms with van der Waals surface area (Å²) in [4.78, 5) is 0. The first-order chi connectivity index (χ1) is 16.7. The van der Waals surface area contributed by atoms with Crippen molar-refractivity contribution in [2.24, 2.45) is 5.92 Å². The number of aryl methyl sites for hydroxylation is 2. The third-order valence-corrected chi connectivity index (χ3v) is 5.88. The maximum absolute atomic E-state index is 5.61. The Morgan fingerprint density at radius 3 is 1.57 bits per heavy atom. The highest BCUT2D eigenvalue weighted by Crippen LogP contribution is 2.21. The summed E-state index contributed by atoms with van der Waals surface area (Å²) >= 11 is 11.2. The monoisotopic (exact) mass is 512 g/mol. The number of benzene rings is 3. The summed E-state index contributed by atoms with van der Waals surface area (Å²) in [5.74, 6) is 1.86. The molecule has 3 rings (SSSR count). The molecule has 1 nitrogen and oxygen atoms in total. The molecule has 0 aliphatic rings. The standard InChI is InChI=1S/C12H14O.2C7H7Cl.C6H14/c1-4-5-7-11-8-6-9-12(13-3)10(11)2;2*1-6-2-4-7(8)5-3-6;1-4-6(3)5-2/h4-9H,1H2,2-3H3;2*2-5H,1H3;6H,4-5H2,1-3H3/b7-5-;;;. The summed E-state index contributed by atoms with van der Waals surface area (Å²) in [5, 5.41) is 1.60. The van der Waals surface area contributed by atoms with Crippen molar-refractivity contribution in [1.29, 1.82) is 0 Å². The van der Waals surface area contributed by atoms with E-state index in [0.29, 0.717) is 0 Å². The average molecular weight is 514 g/mol. The SMILES string of the molecule is C=C/C=C\c1cccc(OC)c1C.CCC(C)CC.Cc1ccc(Cl)cc1.Cc1ccc(Cl)cc1. The second-order valence-corrected chi connectivity index (χ2v) is 9.15. The van der Waals surface area contributed by atoms with Crippen LogP contribution in [0.5, 0.6) is 5.75 Å². The van der Waals surface area contributed by atoms with E-state index in [-0.39, 0.29) is 0 Å². The van der Waals surface area contributed by atoms with Crippen LogP contribution in [0.1, 0.15) is 55.9 Å². The molecule has 0 aliphatic carbocycles. The van der Waals surface area contributed by atoms with Gasteiger partial charge in [-0.1, -0.05) is 129 Å². The molecule has 3 aromatic rings. The van der Waals surface area contributed by atoms with Gasteiger partial charge < -0.3 is 4.74 Å². The minimum Gasteiger partial charge on any atom is -0.496 e. The summed E-state index contributed by atoms with van der Waals surface area (Å²) in [7, 11) is 1.68. The first kappa shape index (κ1) is 32.5. The third kappa shape index (κ3) is 15.9. The number of rotatable bonds is 5. The highest BCUT2D eigenvalue weighted by molar-refractivity contribution is 6.30. The van der Waals surface area contributed by atoms with Crippen molar-refractivity contribution in [2.45, 2.75) is 54.4 Å². The fourth-order valence-electron chi connectivity index (χ4n) is 2.56. The summed E-state index contributed by atoms with van der Waals surface area (Å²) in [6.07, 6.45) is 8.36. The number of halogens is 2. The maximum Gasteiger partial charge on any atom is 0.122 e. The van der Waals surface area contributed by atoms with E-state index in [9.17, 15) is 0 Å². The summed E-state index contributed by atoms with van der Waals surface area (Å²) < 4.78 is 5.21. The molecule has 0 heterocycles. The molecular formula is C32H42Cl2O. The molecule has 0 aliphatic heterocycles. The lowest BCUT2D eigenvalue weighted by molar-refractivity contribution is 0.411. The van der Waals surface area contributed by atoms with Crippen LogP contribution in [-0.4, -0.2) is 7.11 Å². The second kappa shape index (κ2) is 19.8.